The number of rotatable bonds is 3. The Labute approximate surface area is 176 Å². The van der Waals surface area contributed by atoms with Crippen LogP contribution in [0, 0.1) is 12.7 Å². The Bertz CT molecular complexity index is 967. The number of amides is 2. The summed E-state index contributed by atoms with van der Waals surface area (Å²) >= 11 is 0. The lowest BCUT2D eigenvalue weighted by atomic mass is 9.76. The molecule has 2 aromatic rings. The monoisotopic (exact) mass is 410 g/mol. The van der Waals surface area contributed by atoms with Gasteiger partial charge in [-0.05, 0) is 42.7 Å². The van der Waals surface area contributed by atoms with E-state index in [0.717, 1.165) is 17.7 Å². The fourth-order valence-electron chi connectivity index (χ4n) is 4.58. The summed E-state index contributed by atoms with van der Waals surface area (Å²) in [5.74, 6) is 0.419. The number of benzene rings is 2. The minimum absolute atomic E-state index is 0.0147. The number of piperidine rings is 1. The molecule has 0 radical (unpaired) electrons. The van der Waals surface area contributed by atoms with Crippen LogP contribution < -0.4 is 10.1 Å². The number of likely N-dealkylation sites (tertiary alicyclic amines) is 1. The molecular formula is C24H27FN2O3. The first-order chi connectivity index (χ1) is 14.4. The molecule has 30 heavy (non-hydrogen) atoms. The number of hydrogen-bond acceptors (Lipinski definition) is 3. The Morgan fingerprint density at radius 2 is 1.93 bits per heavy atom. The summed E-state index contributed by atoms with van der Waals surface area (Å²) in [7, 11) is 1.65. The number of nitrogens with zero attached hydrogens (tertiary/aromatic N) is 1. The maximum Gasteiger partial charge on any atom is 0.253 e. The zero-order valence-electron chi connectivity index (χ0n) is 17.4. The molecule has 2 heterocycles. The maximum absolute atomic E-state index is 13.9. The van der Waals surface area contributed by atoms with E-state index >= 15 is 0 Å². The molecule has 6 heteroatoms. The second-order valence-corrected chi connectivity index (χ2v) is 8.36. The first-order valence-corrected chi connectivity index (χ1v) is 10.4. The highest BCUT2D eigenvalue weighted by Gasteiger charge is 2.44. The van der Waals surface area contributed by atoms with Gasteiger partial charge in [-0.15, -0.1) is 0 Å². The van der Waals surface area contributed by atoms with Gasteiger partial charge in [0.15, 0.2) is 0 Å². The average molecular weight is 410 g/mol. The first-order valence-electron chi connectivity index (χ1n) is 10.4. The standard InChI is InChI=1S/C24H27FN2O3/c1-16-7-8-17(13-20(16)25)23(29)27-11-9-24(10-12-27)15-18(14-22(28)26-2)19-5-3-4-6-21(19)30-24/h3-8,13,18H,9-12,14-15H2,1-2H3,(H,26,28)/t18-/m1/s1. The van der Waals surface area contributed by atoms with Gasteiger partial charge in [-0.3, -0.25) is 9.59 Å². The van der Waals surface area contributed by atoms with Crippen LogP contribution in [-0.2, 0) is 4.79 Å². The van der Waals surface area contributed by atoms with Crippen molar-refractivity contribution in [2.75, 3.05) is 20.1 Å². The molecule has 2 aliphatic rings. The fraction of sp³-hybridized carbons (Fsp3) is 0.417. The predicted octanol–water partition coefficient (Wildman–Crippen LogP) is 3.81. The van der Waals surface area contributed by atoms with Crippen molar-refractivity contribution in [2.45, 2.75) is 44.1 Å². The number of aryl methyl sites for hydroxylation is 1. The van der Waals surface area contributed by atoms with E-state index in [2.05, 4.69) is 5.32 Å². The highest BCUT2D eigenvalue weighted by atomic mass is 19.1. The van der Waals surface area contributed by atoms with Crippen LogP contribution in [0.3, 0.4) is 0 Å². The smallest absolute Gasteiger partial charge is 0.253 e. The van der Waals surface area contributed by atoms with Gasteiger partial charge in [-0.1, -0.05) is 24.3 Å². The highest BCUT2D eigenvalue weighted by molar-refractivity contribution is 5.94. The van der Waals surface area contributed by atoms with E-state index in [1.807, 2.05) is 24.3 Å². The molecule has 1 saturated heterocycles. The number of halogens is 1. The molecule has 0 unspecified atom stereocenters. The molecule has 1 spiro atoms. The van der Waals surface area contributed by atoms with Gasteiger partial charge in [0.2, 0.25) is 5.91 Å². The van der Waals surface area contributed by atoms with Gasteiger partial charge >= 0.3 is 0 Å². The molecule has 0 bridgehead atoms. The molecule has 2 aromatic carbocycles. The molecule has 0 saturated carbocycles. The van der Waals surface area contributed by atoms with Gasteiger partial charge in [0.25, 0.3) is 5.91 Å². The zero-order valence-corrected chi connectivity index (χ0v) is 17.4. The number of fused-ring (bicyclic) bond motifs is 1. The first kappa shape index (κ1) is 20.4. The van der Waals surface area contributed by atoms with E-state index in [9.17, 15) is 14.0 Å². The Hall–Kier alpha value is -2.89. The topological polar surface area (TPSA) is 58.6 Å². The average Bonchev–Trinajstić information content (AvgIpc) is 2.75. The van der Waals surface area contributed by atoms with E-state index in [0.29, 0.717) is 43.5 Å². The summed E-state index contributed by atoms with van der Waals surface area (Å²) in [6.45, 7) is 2.77. The van der Waals surface area contributed by atoms with Gasteiger partial charge in [0, 0.05) is 50.9 Å². The van der Waals surface area contributed by atoms with E-state index in [-0.39, 0.29) is 29.2 Å². The Balaban J connectivity index is 1.50. The normalized spacial score (nSPS) is 19.7. The summed E-state index contributed by atoms with van der Waals surface area (Å²) in [6, 6.07) is 12.5. The molecular weight excluding hydrogens is 383 g/mol. The lowest BCUT2D eigenvalue weighted by molar-refractivity contribution is -0.121. The molecule has 5 nitrogen and oxygen atoms in total. The van der Waals surface area contributed by atoms with Crippen LogP contribution in [-0.4, -0.2) is 42.5 Å². The van der Waals surface area contributed by atoms with Crippen molar-refractivity contribution in [3.63, 3.8) is 0 Å². The number of ether oxygens (including phenoxy) is 1. The Kier molecular flexibility index (Phi) is 5.50. The largest absolute Gasteiger partial charge is 0.487 e. The molecule has 158 valence electrons. The highest BCUT2D eigenvalue weighted by Crippen LogP contribution is 2.46. The van der Waals surface area contributed by atoms with Crippen molar-refractivity contribution in [1.29, 1.82) is 0 Å². The van der Waals surface area contributed by atoms with Crippen molar-refractivity contribution < 1.29 is 18.7 Å². The minimum Gasteiger partial charge on any atom is -0.487 e. The predicted molar refractivity (Wildman–Crippen MR) is 112 cm³/mol. The lowest BCUT2D eigenvalue weighted by Crippen LogP contribution is -2.52. The second kappa shape index (κ2) is 8.09. The van der Waals surface area contributed by atoms with Crippen LogP contribution in [0.1, 0.15) is 53.1 Å². The molecule has 0 aliphatic carbocycles. The van der Waals surface area contributed by atoms with E-state index in [4.69, 9.17) is 4.74 Å². The van der Waals surface area contributed by atoms with Crippen LogP contribution in [0.5, 0.6) is 5.75 Å². The third-order valence-electron chi connectivity index (χ3n) is 6.40. The number of carbonyl (C=O) groups excluding carboxylic acids is 2. The SMILES string of the molecule is CNC(=O)C[C@@H]1CC2(CCN(C(=O)c3ccc(C)c(F)c3)CC2)Oc2ccccc21. The van der Waals surface area contributed by atoms with Crippen molar-refractivity contribution in [2.24, 2.45) is 0 Å². The van der Waals surface area contributed by atoms with Crippen LogP contribution in [0.4, 0.5) is 4.39 Å². The molecule has 2 aliphatic heterocycles. The fourth-order valence-corrected chi connectivity index (χ4v) is 4.58. The van der Waals surface area contributed by atoms with Gasteiger partial charge in [0.05, 0.1) is 0 Å². The minimum atomic E-state index is -0.387. The molecule has 1 atom stereocenters. The van der Waals surface area contributed by atoms with Crippen LogP contribution in [0.25, 0.3) is 0 Å². The quantitative estimate of drug-likeness (QED) is 0.837. The zero-order chi connectivity index (χ0) is 21.3. The van der Waals surface area contributed by atoms with E-state index in [1.165, 1.54) is 6.07 Å². The van der Waals surface area contributed by atoms with Crippen molar-refractivity contribution in [1.82, 2.24) is 10.2 Å². The van der Waals surface area contributed by atoms with Crippen molar-refractivity contribution >= 4 is 11.8 Å². The Morgan fingerprint density at radius 1 is 1.20 bits per heavy atom. The second-order valence-electron chi connectivity index (χ2n) is 8.36. The maximum atomic E-state index is 13.9. The summed E-state index contributed by atoms with van der Waals surface area (Å²) in [5, 5.41) is 2.72. The van der Waals surface area contributed by atoms with Crippen LogP contribution in [0.15, 0.2) is 42.5 Å². The number of para-hydroxylation sites is 1. The molecule has 4 rings (SSSR count). The van der Waals surface area contributed by atoms with Gasteiger partial charge in [-0.25, -0.2) is 4.39 Å². The number of nitrogens with one attached hydrogen (secondary N) is 1. The van der Waals surface area contributed by atoms with Crippen molar-refractivity contribution in [3.05, 3.63) is 65.0 Å². The summed E-state index contributed by atoms with van der Waals surface area (Å²) in [5.41, 5.74) is 1.59. The van der Waals surface area contributed by atoms with Crippen LogP contribution >= 0.6 is 0 Å². The third kappa shape index (κ3) is 3.91. The molecule has 2 amide bonds. The summed E-state index contributed by atoms with van der Waals surface area (Å²) < 4.78 is 20.3. The van der Waals surface area contributed by atoms with Crippen molar-refractivity contribution in [3.8, 4) is 5.75 Å². The lowest BCUT2D eigenvalue weighted by Gasteiger charge is -2.47. The van der Waals surface area contributed by atoms with E-state index < -0.39 is 0 Å². The number of hydrogen-bond donors (Lipinski definition) is 1. The summed E-state index contributed by atoms with van der Waals surface area (Å²) in [6.07, 6.45) is 2.54. The Morgan fingerprint density at radius 3 is 2.63 bits per heavy atom. The van der Waals surface area contributed by atoms with Gasteiger partial charge in [-0.2, -0.15) is 0 Å². The molecule has 1 fully saturated rings. The number of carbonyl (C=O) groups is 2. The van der Waals surface area contributed by atoms with Gasteiger partial charge < -0.3 is 15.0 Å². The molecule has 1 N–H and O–H groups in total. The summed E-state index contributed by atoms with van der Waals surface area (Å²) in [4.78, 5) is 26.7. The van der Waals surface area contributed by atoms with Gasteiger partial charge in [0.1, 0.15) is 17.2 Å². The van der Waals surface area contributed by atoms with Crippen LogP contribution in [0.2, 0.25) is 0 Å². The van der Waals surface area contributed by atoms with E-state index in [1.54, 1.807) is 31.0 Å². The third-order valence-corrected chi connectivity index (χ3v) is 6.40. The molecule has 0 aromatic heterocycles.